The first-order valence-electron chi connectivity index (χ1n) is 5.05. The summed E-state index contributed by atoms with van der Waals surface area (Å²) in [6.45, 7) is 0. The van der Waals surface area contributed by atoms with Crippen LogP contribution in [0.15, 0.2) is 37.0 Å². The molecule has 8 heteroatoms. The number of benzene rings is 1. The first-order valence-corrected chi connectivity index (χ1v) is 8.31. The van der Waals surface area contributed by atoms with Crippen molar-refractivity contribution in [2.45, 2.75) is 6.18 Å². The molecular formula is C12H4Br3F3OS. The van der Waals surface area contributed by atoms with Crippen molar-refractivity contribution in [3.63, 3.8) is 0 Å². The highest BCUT2D eigenvalue weighted by Crippen LogP contribution is 2.38. The maximum absolute atomic E-state index is 13.0. The molecule has 0 amide bonds. The normalized spacial score (nSPS) is 11.7. The molecule has 0 saturated heterocycles. The van der Waals surface area contributed by atoms with Crippen molar-refractivity contribution in [2.24, 2.45) is 0 Å². The van der Waals surface area contributed by atoms with Crippen molar-refractivity contribution >= 4 is 64.9 Å². The lowest BCUT2D eigenvalue weighted by molar-refractivity contribution is -0.137. The van der Waals surface area contributed by atoms with Gasteiger partial charge in [0.2, 0.25) is 5.78 Å². The molecule has 1 aromatic heterocycles. The summed E-state index contributed by atoms with van der Waals surface area (Å²) in [5.41, 5.74) is -1.32. The molecular weight excluding hydrogens is 489 g/mol. The Bertz CT molecular complexity index is 679. The van der Waals surface area contributed by atoms with Crippen LogP contribution in [-0.4, -0.2) is 5.78 Å². The SMILES string of the molecule is O=C(c1ccc(Br)cc1C(F)(F)F)c1scc(Br)c1Br. The van der Waals surface area contributed by atoms with Gasteiger partial charge in [-0.3, -0.25) is 4.79 Å². The number of halogens is 6. The van der Waals surface area contributed by atoms with Gasteiger partial charge in [-0.15, -0.1) is 11.3 Å². The van der Waals surface area contributed by atoms with Gasteiger partial charge in [0.1, 0.15) is 0 Å². The maximum atomic E-state index is 13.0. The van der Waals surface area contributed by atoms with E-state index in [0.29, 0.717) is 8.95 Å². The summed E-state index contributed by atoms with van der Waals surface area (Å²) in [6, 6.07) is 3.50. The zero-order valence-electron chi connectivity index (χ0n) is 9.39. The van der Waals surface area contributed by atoms with Crippen LogP contribution in [-0.2, 0) is 6.18 Å². The van der Waals surface area contributed by atoms with E-state index in [0.717, 1.165) is 17.4 Å². The largest absolute Gasteiger partial charge is 0.417 e. The molecule has 2 aromatic rings. The lowest BCUT2D eigenvalue weighted by Crippen LogP contribution is -2.13. The van der Waals surface area contributed by atoms with Gasteiger partial charge in [0.15, 0.2) is 0 Å². The number of carbonyl (C=O) groups is 1. The standard InChI is InChI=1S/C12H4Br3F3OS/c13-5-1-2-6(7(3-5)12(16,17)18)10(19)11-9(15)8(14)4-20-11/h1-4H. The summed E-state index contributed by atoms with van der Waals surface area (Å²) < 4.78 is 40.4. The van der Waals surface area contributed by atoms with E-state index < -0.39 is 17.5 Å². The number of hydrogen-bond donors (Lipinski definition) is 0. The molecule has 0 bridgehead atoms. The predicted octanol–water partition coefficient (Wildman–Crippen LogP) is 6.29. The third-order valence-electron chi connectivity index (χ3n) is 2.43. The Morgan fingerprint density at radius 3 is 2.30 bits per heavy atom. The Balaban J connectivity index is 2.58. The third kappa shape index (κ3) is 3.18. The second kappa shape index (κ2) is 5.90. The van der Waals surface area contributed by atoms with E-state index >= 15 is 0 Å². The molecule has 20 heavy (non-hydrogen) atoms. The van der Waals surface area contributed by atoms with Crippen molar-refractivity contribution in [3.8, 4) is 0 Å². The highest BCUT2D eigenvalue weighted by Gasteiger charge is 2.36. The molecule has 106 valence electrons. The molecule has 0 aliphatic carbocycles. The molecule has 0 fully saturated rings. The molecule has 1 nitrogen and oxygen atoms in total. The van der Waals surface area contributed by atoms with Crippen LogP contribution in [0, 0.1) is 0 Å². The fourth-order valence-corrected chi connectivity index (χ4v) is 4.01. The van der Waals surface area contributed by atoms with E-state index in [-0.39, 0.29) is 14.9 Å². The monoisotopic (exact) mass is 490 g/mol. The summed E-state index contributed by atoms with van der Waals surface area (Å²) in [6.07, 6.45) is -4.59. The fourth-order valence-electron chi connectivity index (χ4n) is 1.55. The number of hydrogen-bond acceptors (Lipinski definition) is 2. The fraction of sp³-hybridized carbons (Fsp3) is 0.0833. The van der Waals surface area contributed by atoms with E-state index in [1.54, 1.807) is 5.38 Å². The van der Waals surface area contributed by atoms with Gasteiger partial charge in [0, 0.05) is 19.9 Å². The first kappa shape index (κ1) is 16.2. The van der Waals surface area contributed by atoms with Gasteiger partial charge in [-0.05, 0) is 50.1 Å². The van der Waals surface area contributed by atoms with Crippen molar-refractivity contribution < 1.29 is 18.0 Å². The lowest BCUT2D eigenvalue weighted by atomic mass is 10.0. The molecule has 0 saturated carbocycles. The van der Waals surface area contributed by atoms with E-state index in [1.807, 2.05) is 0 Å². The van der Waals surface area contributed by atoms with Crippen LogP contribution < -0.4 is 0 Å². The van der Waals surface area contributed by atoms with Gasteiger partial charge in [0.25, 0.3) is 0 Å². The highest BCUT2D eigenvalue weighted by molar-refractivity contribution is 9.13. The Morgan fingerprint density at radius 2 is 1.80 bits per heavy atom. The summed E-state index contributed by atoms with van der Waals surface area (Å²) in [7, 11) is 0. The van der Waals surface area contributed by atoms with E-state index in [2.05, 4.69) is 47.8 Å². The van der Waals surface area contributed by atoms with Crippen LogP contribution in [0.4, 0.5) is 13.2 Å². The van der Waals surface area contributed by atoms with E-state index in [4.69, 9.17) is 0 Å². The molecule has 0 spiro atoms. The summed E-state index contributed by atoms with van der Waals surface area (Å²) >= 11 is 10.5. The highest BCUT2D eigenvalue weighted by atomic mass is 79.9. The molecule has 2 rings (SSSR count). The summed E-state index contributed by atoms with van der Waals surface area (Å²) in [4.78, 5) is 12.5. The Morgan fingerprint density at radius 1 is 1.15 bits per heavy atom. The smallest absolute Gasteiger partial charge is 0.288 e. The Labute approximate surface area is 141 Å². The number of thiophene rings is 1. The zero-order chi connectivity index (χ0) is 15.1. The Kier molecular flexibility index (Phi) is 4.78. The van der Waals surface area contributed by atoms with Gasteiger partial charge < -0.3 is 0 Å². The second-order valence-corrected chi connectivity index (χ2v) is 7.19. The van der Waals surface area contributed by atoms with Crippen LogP contribution in [0.5, 0.6) is 0 Å². The number of ketones is 1. The average molecular weight is 493 g/mol. The maximum Gasteiger partial charge on any atom is 0.417 e. The van der Waals surface area contributed by atoms with Crippen molar-refractivity contribution in [1.82, 2.24) is 0 Å². The van der Waals surface area contributed by atoms with Crippen molar-refractivity contribution in [2.75, 3.05) is 0 Å². The topological polar surface area (TPSA) is 17.1 Å². The van der Waals surface area contributed by atoms with E-state index in [9.17, 15) is 18.0 Å². The quantitative estimate of drug-likeness (QED) is 0.451. The van der Waals surface area contributed by atoms with Gasteiger partial charge in [-0.25, -0.2) is 0 Å². The van der Waals surface area contributed by atoms with Gasteiger partial charge >= 0.3 is 6.18 Å². The molecule has 0 atom stereocenters. The average Bonchev–Trinajstić information content (AvgIpc) is 2.68. The van der Waals surface area contributed by atoms with Crippen LogP contribution in [0.25, 0.3) is 0 Å². The third-order valence-corrected chi connectivity index (χ3v) is 6.45. The molecule has 0 aliphatic rings. The number of carbonyl (C=O) groups excluding carboxylic acids is 1. The first-order chi connectivity index (χ1) is 9.21. The number of alkyl halides is 3. The van der Waals surface area contributed by atoms with Crippen molar-refractivity contribution in [3.05, 3.63) is 53.0 Å². The summed E-state index contributed by atoms with van der Waals surface area (Å²) in [5, 5.41) is 1.64. The second-order valence-electron chi connectivity index (χ2n) is 3.74. The molecule has 0 unspecified atom stereocenters. The predicted molar refractivity (Wildman–Crippen MR) is 82.3 cm³/mol. The molecule has 0 aliphatic heterocycles. The van der Waals surface area contributed by atoms with Crippen LogP contribution in [0.2, 0.25) is 0 Å². The van der Waals surface area contributed by atoms with Gasteiger partial charge in [-0.1, -0.05) is 15.9 Å². The Hall–Kier alpha value is -0.180. The number of rotatable bonds is 2. The molecule has 0 radical (unpaired) electrons. The minimum absolute atomic E-state index is 0.227. The molecule has 1 aromatic carbocycles. The molecule has 0 N–H and O–H groups in total. The van der Waals surface area contributed by atoms with Gasteiger partial charge in [-0.2, -0.15) is 13.2 Å². The van der Waals surface area contributed by atoms with Crippen LogP contribution in [0.3, 0.4) is 0 Å². The van der Waals surface area contributed by atoms with E-state index in [1.165, 1.54) is 12.1 Å². The van der Waals surface area contributed by atoms with Gasteiger partial charge in [0.05, 0.1) is 14.9 Å². The lowest BCUT2D eigenvalue weighted by Gasteiger charge is -2.12. The van der Waals surface area contributed by atoms with Crippen molar-refractivity contribution in [1.29, 1.82) is 0 Å². The minimum Gasteiger partial charge on any atom is -0.288 e. The summed E-state index contributed by atoms with van der Waals surface area (Å²) in [5.74, 6) is -0.660. The van der Waals surface area contributed by atoms with Crippen LogP contribution >= 0.6 is 59.1 Å². The molecule has 1 heterocycles. The van der Waals surface area contributed by atoms with Crippen LogP contribution in [0.1, 0.15) is 20.8 Å². The minimum atomic E-state index is -4.59. The zero-order valence-corrected chi connectivity index (χ0v) is 15.0.